The number of carbonyl (C=O) groups excluding carboxylic acids is 1. The summed E-state index contributed by atoms with van der Waals surface area (Å²) in [6, 6.07) is 0. The predicted octanol–water partition coefficient (Wildman–Crippen LogP) is 2.02. The summed E-state index contributed by atoms with van der Waals surface area (Å²) in [7, 11) is 3.50. The molecule has 70 valence electrons. The SMILES string of the molecule is C[C-](C)C.[CH2-]N1CCCC1=O.[W+2]. The van der Waals surface area contributed by atoms with Gasteiger partial charge in [-0.2, -0.15) is 20.8 Å². The van der Waals surface area contributed by atoms with E-state index >= 15 is 0 Å². The van der Waals surface area contributed by atoms with E-state index in [1.807, 2.05) is 0 Å². The van der Waals surface area contributed by atoms with Gasteiger partial charge in [0.2, 0.25) is 0 Å². The van der Waals surface area contributed by atoms with Gasteiger partial charge in [-0.05, 0) is 13.0 Å². The normalized spacial score (nSPS) is 15.4. The molecule has 0 aliphatic carbocycles. The first-order valence-corrected chi connectivity index (χ1v) is 3.91. The summed E-state index contributed by atoms with van der Waals surface area (Å²) in [5.74, 6) is 1.60. The molecule has 1 aliphatic rings. The van der Waals surface area contributed by atoms with Crippen LogP contribution >= 0.6 is 0 Å². The average Bonchev–Trinajstić information content (AvgIpc) is 2.15. The quantitative estimate of drug-likeness (QED) is 0.619. The smallest absolute Gasteiger partial charge is 0.496 e. The Bertz CT molecular complexity index is 123. The van der Waals surface area contributed by atoms with Crippen LogP contribution in [0.1, 0.15) is 33.6 Å². The monoisotopic (exact) mass is 339 g/mol. The van der Waals surface area contributed by atoms with E-state index in [9.17, 15) is 4.79 Å². The van der Waals surface area contributed by atoms with E-state index in [4.69, 9.17) is 0 Å². The van der Waals surface area contributed by atoms with Crippen LogP contribution in [-0.2, 0) is 25.9 Å². The Morgan fingerprint density at radius 3 is 1.92 bits per heavy atom. The first kappa shape index (κ1) is 14.7. The molecule has 1 aliphatic heterocycles. The Kier molecular flexibility index (Phi) is 9.52. The minimum atomic E-state index is 0. The van der Waals surface area contributed by atoms with Crippen molar-refractivity contribution in [3.05, 3.63) is 13.0 Å². The van der Waals surface area contributed by atoms with Gasteiger partial charge in [0.15, 0.2) is 5.91 Å². The van der Waals surface area contributed by atoms with Crippen LogP contribution in [0.5, 0.6) is 0 Å². The topological polar surface area (TPSA) is 20.3 Å². The fourth-order valence-corrected chi connectivity index (χ4v) is 0.704. The van der Waals surface area contributed by atoms with Gasteiger partial charge in [0.1, 0.15) is 0 Å². The van der Waals surface area contributed by atoms with Crippen molar-refractivity contribution in [3.8, 4) is 0 Å². The summed E-state index contributed by atoms with van der Waals surface area (Å²) >= 11 is 0. The van der Waals surface area contributed by atoms with Crippen LogP contribution in [0.3, 0.4) is 0 Å². The van der Waals surface area contributed by atoms with Crippen molar-refractivity contribution in [2.75, 3.05) is 6.54 Å². The number of hydrogen-bond acceptors (Lipinski definition) is 1. The summed E-state index contributed by atoms with van der Waals surface area (Å²) in [6.45, 7) is 7.10. The van der Waals surface area contributed by atoms with E-state index < -0.39 is 0 Å². The molecule has 0 atom stereocenters. The Morgan fingerprint density at radius 1 is 1.42 bits per heavy atom. The van der Waals surface area contributed by atoms with E-state index in [1.54, 1.807) is 0 Å². The zero-order valence-electron chi connectivity index (χ0n) is 8.09. The molecule has 0 saturated carbocycles. The van der Waals surface area contributed by atoms with Gasteiger partial charge >= 0.3 is 21.1 Å². The number of carbonyl (C=O) groups is 1. The molecule has 0 aromatic heterocycles. The Balaban J connectivity index is 0. The van der Waals surface area contributed by atoms with Gasteiger partial charge in [0.05, 0.1) is 0 Å². The third-order valence-corrected chi connectivity index (χ3v) is 1.17. The third kappa shape index (κ3) is 8.26. The zero-order chi connectivity index (χ0) is 8.85. The van der Waals surface area contributed by atoms with E-state index in [2.05, 4.69) is 27.8 Å². The predicted molar refractivity (Wildman–Crippen MR) is 46.6 cm³/mol. The number of likely N-dealkylation sites (tertiary alicyclic amines) is 1. The fourth-order valence-electron chi connectivity index (χ4n) is 0.704. The van der Waals surface area contributed by atoms with Crippen molar-refractivity contribution in [2.45, 2.75) is 33.6 Å². The standard InChI is InChI=1S/C5H8NO.C4H9.W/c1-6-4-2-3-5(6)7;1-4(2)3;/h1-4H2;1-3H3;/q2*-1;+2. The second-order valence-corrected chi connectivity index (χ2v) is 3.26. The Labute approximate surface area is 90.0 Å². The van der Waals surface area contributed by atoms with Crippen molar-refractivity contribution < 1.29 is 25.9 Å². The van der Waals surface area contributed by atoms with Crippen molar-refractivity contribution >= 4 is 5.91 Å². The van der Waals surface area contributed by atoms with E-state index in [0.717, 1.165) is 13.0 Å². The third-order valence-electron chi connectivity index (χ3n) is 1.17. The first-order valence-electron chi connectivity index (χ1n) is 3.91. The van der Waals surface area contributed by atoms with Crippen molar-refractivity contribution in [1.82, 2.24) is 4.90 Å². The van der Waals surface area contributed by atoms with Gasteiger partial charge < -0.3 is 10.8 Å². The first-order chi connectivity index (χ1) is 5.04. The zero-order valence-corrected chi connectivity index (χ0v) is 11.0. The molecule has 1 saturated heterocycles. The van der Waals surface area contributed by atoms with Gasteiger partial charge in [0, 0.05) is 6.42 Å². The summed E-state index contributed by atoms with van der Waals surface area (Å²) in [6.07, 6.45) is 1.69. The van der Waals surface area contributed by atoms with Crippen LogP contribution in [0.4, 0.5) is 0 Å². The summed E-state index contributed by atoms with van der Waals surface area (Å²) < 4.78 is 0. The van der Waals surface area contributed by atoms with Crippen LogP contribution in [0, 0.1) is 13.0 Å². The van der Waals surface area contributed by atoms with Crippen LogP contribution in [0.2, 0.25) is 0 Å². The number of nitrogens with zero attached hydrogens (tertiary/aromatic N) is 1. The molecule has 3 heteroatoms. The van der Waals surface area contributed by atoms with Gasteiger partial charge in [0.25, 0.3) is 0 Å². The molecule has 1 rings (SSSR count). The number of rotatable bonds is 0. The van der Waals surface area contributed by atoms with Gasteiger partial charge in [-0.3, -0.25) is 11.8 Å². The van der Waals surface area contributed by atoms with Crippen LogP contribution in [-0.4, -0.2) is 17.4 Å². The van der Waals surface area contributed by atoms with E-state index in [1.165, 1.54) is 10.8 Å². The maximum Gasteiger partial charge on any atom is 2.00 e. The average molecular weight is 339 g/mol. The molecule has 0 aromatic carbocycles. The van der Waals surface area contributed by atoms with E-state index in [0.29, 0.717) is 6.42 Å². The molecular formula is C9H17NOW. The van der Waals surface area contributed by atoms with Gasteiger partial charge in [-0.15, -0.1) is 0 Å². The molecule has 0 spiro atoms. The molecule has 0 radical (unpaired) electrons. The largest absolute Gasteiger partial charge is 2.00 e. The molecule has 0 unspecified atom stereocenters. The van der Waals surface area contributed by atoms with Crippen LogP contribution < -0.4 is 0 Å². The minimum absolute atomic E-state index is 0. The van der Waals surface area contributed by atoms with E-state index in [-0.39, 0.29) is 27.0 Å². The van der Waals surface area contributed by atoms with Crippen LogP contribution in [0.25, 0.3) is 0 Å². The molecular weight excluding hydrogens is 322 g/mol. The maximum atomic E-state index is 10.4. The fraction of sp³-hybridized carbons (Fsp3) is 0.667. The Hall–Kier alpha value is 0.158. The second-order valence-electron chi connectivity index (χ2n) is 3.26. The molecule has 1 heterocycles. The number of hydrogen-bond donors (Lipinski definition) is 0. The second kappa shape index (κ2) is 7.79. The van der Waals surface area contributed by atoms with Gasteiger partial charge in [-0.25, -0.2) is 0 Å². The van der Waals surface area contributed by atoms with Crippen LogP contribution in [0.15, 0.2) is 0 Å². The summed E-state index contributed by atoms with van der Waals surface area (Å²) in [5.41, 5.74) is 0. The molecule has 1 fully saturated rings. The minimum Gasteiger partial charge on any atom is -0.496 e. The molecule has 12 heavy (non-hydrogen) atoms. The van der Waals surface area contributed by atoms with Crippen molar-refractivity contribution in [2.24, 2.45) is 0 Å². The molecule has 1 amide bonds. The van der Waals surface area contributed by atoms with Crippen molar-refractivity contribution in [1.29, 1.82) is 0 Å². The number of amides is 1. The molecule has 0 N–H and O–H groups in total. The molecule has 0 aromatic rings. The maximum absolute atomic E-state index is 10.4. The molecule has 0 bridgehead atoms. The summed E-state index contributed by atoms with van der Waals surface area (Å²) in [4.78, 5) is 12.0. The summed E-state index contributed by atoms with van der Waals surface area (Å²) in [5, 5.41) is 0. The van der Waals surface area contributed by atoms with Gasteiger partial charge in [-0.1, -0.05) is 0 Å². The Morgan fingerprint density at radius 2 is 1.83 bits per heavy atom. The van der Waals surface area contributed by atoms with Crippen molar-refractivity contribution in [3.63, 3.8) is 0 Å². The molecule has 2 nitrogen and oxygen atoms in total.